The quantitative estimate of drug-likeness (QED) is 0.902. The van der Waals surface area contributed by atoms with E-state index in [4.69, 9.17) is 5.73 Å². The summed E-state index contributed by atoms with van der Waals surface area (Å²) in [5, 5.41) is 2.91. The van der Waals surface area contributed by atoms with Crippen molar-refractivity contribution in [3.05, 3.63) is 59.7 Å². The highest BCUT2D eigenvalue weighted by Crippen LogP contribution is 2.39. The number of hydrogen-bond donors (Lipinski definition) is 2. The van der Waals surface area contributed by atoms with Gasteiger partial charge in [-0.3, -0.25) is 9.59 Å². The summed E-state index contributed by atoms with van der Waals surface area (Å²) in [5.41, 5.74) is 9.25. The van der Waals surface area contributed by atoms with Crippen molar-refractivity contribution in [1.29, 1.82) is 0 Å². The van der Waals surface area contributed by atoms with Crippen molar-refractivity contribution in [2.24, 2.45) is 5.73 Å². The molecule has 128 valence electrons. The maximum Gasteiger partial charge on any atom is 0.255 e. The number of nitrogens with two attached hydrogens (primary N) is 1. The lowest BCUT2D eigenvalue weighted by molar-refractivity contribution is -0.117. The van der Waals surface area contributed by atoms with Crippen LogP contribution < -0.4 is 16.0 Å². The predicted molar refractivity (Wildman–Crippen MR) is 97.8 cm³/mol. The first-order valence-corrected chi connectivity index (χ1v) is 8.69. The minimum absolute atomic E-state index is 0.138. The Bertz CT molecular complexity index is 816. The molecule has 5 nitrogen and oxygen atoms in total. The van der Waals surface area contributed by atoms with Crippen LogP contribution in [0.3, 0.4) is 0 Å². The second kappa shape index (κ2) is 6.33. The van der Waals surface area contributed by atoms with Crippen molar-refractivity contribution >= 4 is 23.2 Å². The van der Waals surface area contributed by atoms with E-state index >= 15 is 0 Å². The second-order valence-electron chi connectivity index (χ2n) is 6.78. The summed E-state index contributed by atoms with van der Waals surface area (Å²) in [6.45, 7) is 0.765. The standard InChI is InChI=1S/C20H21N3O2/c21-18-12-17(18)13-3-1-4-14(11-13)20(25)22-15-6-8-16(9-7-15)23-10-2-5-19(23)24/h1,3-4,6-9,11,17-18H,2,5,10,12,21H2,(H,22,25)/t17-,18+/m0/s1. The summed E-state index contributed by atoms with van der Waals surface area (Å²) in [6, 6.07) is 15.3. The Hall–Kier alpha value is -2.66. The number of nitrogens with one attached hydrogen (secondary N) is 1. The van der Waals surface area contributed by atoms with E-state index in [-0.39, 0.29) is 17.9 Å². The average Bonchev–Trinajstić information content (AvgIpc) is 3.21. The number of hydrogen-bond acceptors (Lipinski definition) is 3. The normalized spacial score (nSPS) is 22.1. The largest absolute Gasteiger partial charge is 0.327 e. The number of anilines is 2. The first kappa shape index (κ1) is 15.8. The zero-order valence-corrected chi connectivity index (χ0v) is 13.9. The van der Waals surface area contributed by atoms with Crippen molar-refractivity contribution in [1.82, 2.24) is 0 Å². The molecule has 25 heavy (non-hydrogen) atoms. The van der Waals surface area contributed by atoms with Crippen LogP contribution in [-0.4, -0.2) is 24.4 Å². The molecule has 2 amide bonds. The van der Waals surface area contributed by atoms with Gasteiger partial charge in [-0.15, -0.1) is 0 Å². The van der Waals surface area contributed by atoms with Gasteiger partial charge in [-0.2, -0.15) is 0 Å². The van der Waals surface area contributed by atoms with Gasteiger partial charge < -0.3 is 16.0 Å². The molecule has 2 fully saturated rings. The molecular weight excluding hydrogens is 314 g/mol. The van der Waals surface area contributed by atoms with Crippen molar-refractivity contribution in [3.8, 4) is 0 Å². The zero-order chi connectivity index (χ0) is 17.4. The molecule has 1 aliphatic heterocycles. The van der Waals surface area contributed by atoms with Crippen LogP contribution >= 0.6 is 0 Å². The Morgan fingerprint density at radius 2 is 1.92 bits per heavy atom. The molecule has 1 aliphatic carbocycles. The Morgan fingerprint density at radius 3 is 2.56 bits per heavy atom. The third kappa shape index (κ3) is 3.28. The lowest BCUT2D eigenvalue weighted by atomic mass is 10.1. The Balaban J connectivity index is 1.45. The van der Waals surface area contributed by atoms with Gasteiger partial charge in [0.05, 0.1) is 0 Å². The average molecular weight is 335 g/mol. The molecule has 0 unspecified atom stereocenters. The highest BCUT2D eigenvalue weighted by molar-refractivity contribution is 6.04. The monoisotopic (exact) mass is 335 g/mol. The molecule has 2 aromatic carbocycles. The molecule has 1 heterocycles. The molecular formula is C20H21N3O2. The van der Waals surface area contributed by atoms with Gasteiger partial charge in [0.2, 0.25) is 5.91 Å². The molecule has 2 aromatic rings. The summed E-state index contributed by atoms with van der Waals surface area (Å²) in [6.07, 6.45) is 2.50. The highest BCUT2D eigenvalue weighted by Gasteiger charge is 2.34. The first-order valence-electron chi connectivity index (χ1n) is 8.69. The fourth-order valence-corrected chi connectivity index (χ4v) is 3.36. The summed E-state index contributed by atoms with van der Waals surface area (Å²) in [4.78, 5) is 26.0. The number of carbonyl (C=O) groups excluding carboxylic acids is 2. The number of nitrogens with zero attached hydrogens (tertiary/aromatic N) is 1. The van der Waals surface area contributed by atoms with E-state index in [0.717, 1.165) is 30.6 Å². The van der Waals surface area contributed by atoms with Crippen molar-refractivity contribution < 1.29 is 9.59 Å². The molecule has 1 saturated heterocycles. The van der Waals surface area contributed by atoms with Gasteiger partial charge in [0.15, 0.2) is 0 Å². The summed E-state index contributed by atoms with van der Waals surface area (Å²) >= 11 is 0. The number of amides is 2. The van der Waals surface area contributed by atoms with E-state index in [0.29, 0.717) is 23.6 Å². The molecule has 0 aromatic heterocycles. The molecule has 2 atom stereocenters. The third-order valence-electron chi connectivity index (χ3n) is 4.93. The third-order valence-corrected chi connectivity index (χ3v) is 4.93. The maximum atomic E-state index is 12.5. The van der Waals surface area contributed by atoms with Crippen LogP contribution in [0.4, 0.5) is 11.4 Å². The van der Waals surface area contributed by atoms with Crippen LogP contribution in [0.1, 0.15) is 41.1 Å². The lowest BCUT2D eigenvalue weighted by Gasteiger charge is -2.16. The van der Waals surface area contributed by atoms with E-state index in [9.17, 15) is 9.59 Å². The predicted octanol–water partition coefficient (Wildman–Crippen LogP) is 2.88. The molecule has 0 radical (unpaired) electrons. The first-order chi connectivity index (χ1) is 12.1. The number of carbonyl (C=O) groups is 2. The molecule has 5 heteroatoms. The van der Waals surface area contributed by atoms with E-state index in [2.05, 4.69) is 5.32 Å². The van der Waals surface area contributed by atoms with Gasteiger partial charge in [0, 0.05) is 41.9 Å². The summed E-state index contributed by atoms with van der Waals surface area (Å²) in [5.74, 6) is 0.401. The van der Waals surface area contributed by atoms with E-state index in [1.54, 1.807) is 4.90 Å². The fourth-order valence-electron chi connectivity index (χ4n) is 3.36. The van der Waals surface area contributed by atoms with Gasteiger partial charge in [-0.25, -0.2) is 0 Å². The molecule has 2 aliphatic rings. The molecule has 1 saturated carbocycles. The Labute approximate surface area is 146 Å². The molecule has 0 bridgehead atoms. The van der Waals surface area contributed by atoms with Crippen LogP contribution in [-0.2, 0) is 4.79 Å². The smallest absolute Gasteiger partial charge is 0.255 e. The van der Waals surface area contributed by atoms with Crippen LogP contribution in [0.2, 0.25) is 0 Å². The fraction of sp³-hybridized carbons (Fsp3) is 0.300. The number of rotatable bonds is 4. The van der Waals surface area contributed by atoms with Crippen molar-refractivity contribution in [3.63, 3.8) is 0 Å². The van der Waals surface area contributed by atoms with Gasteiger partial charge in [-0.1, -0.05) is 12.1 Å². The molecule has 3 N–H and O–H groups in total. The SMILES string of the molecule is N[C@@H]1C[C@H]1c1cccc(C(=O)Nc2ccc(N3CCCC3=O)cc2)c1. The topological polar surface area (TPSA) is 75.4 Å². The number of benzene rings is 2. The zero-order valence-electron chi connectivity index (χ0n) is 13.9. The van der Waals surface area contributed by atoms with Gasteiger partial charge in [0.25, 0.3) is 5.91 Å². The van der Waals surface area contributed by atoms with Crippen LogP contribution in [0, 0.1) is 0 Å². The van der Waals surface area contributed by atoms with Crippen molar-refractivity contribution in [2.75, 3.05) is 16.8 Å². The van der Waals surface area contributed by atoms with Gasteiger partial charge >= 0.3 is 0 Å². The molecule has 4 rings (SSSR count). The minimum Gasteiger partial charge on any atom is -0.327 e. The lowest BCUT2D eigenvalue weighted by Crippen LogP contribution is -2.23. The Morgan fingerprint density at radius 1 is 1.16 bits per heavy atom. The van der Waals surface area contributed by atoms with Crippen LogP contribution in [0.5, 0.6) is 0 Å². The summed E-state index contributed by atoms with van der Waals surface area (Å²) < 4.78 is 0. The van der Waals surface area contributed by atoms with Gasteiger partial charge in [0.1, 0.15) is 0 Å². The van der Waals surface area contributed by atoms with E-state index in [1.165, 1.54) is 0 Å². The Kier molecular flexibility index (Phi) is 4.01. The van der Waals surface area contributed by atoms with Crippen LogP contribution in [0.25, 0.3) is 0 Å². The minimum atomic E-state index is -0.138. The van der Waals surface area contributed by atoms with E-state index < -0.39 is 0 Å². The van der Waals surface area contributed by atoms with Crippen molar-refractivity contribution in [2.45, 2.75) is 31.2 Å². The van der Waals surface area contributed by atoms with Crippen LogP contribution in [0.15, 0.2) is 48.5 Å². The highest BCUT2D eigenvalue weighted by atomic mass is 16.2. The van der Waals surface area contributed by atoms with E-state index in [1.807, 2.05) is 48.5 Å². The molecule has 0 spiro atoms. The summed E-state index contributed by atoms with van der Waals surface area (Å²) in [7, 11) is 0. The second-order valence-corrected chi connectivity index (χ2v) is 6.78. The maximum absolute atomic E-state index is 12.5. The van der Waals surface area contributed by atoms with Gasteiger partial charge in [-0.05, 0) is 54.8 Å².